The van der Waals surface area contributed by atoms with Gasteiger partial charge in [-0.15, -0.1) is 0 Å². The summed E-state index contributed by atoms with van der Waals surface area (Å²) in [7, 11) is 0. The number of esters is 4. The third-order valence-corrected chi connectivity index (χ3v) is 7.93. The summed E-state index contributed by atoms with van der Waals surface area (Å²) < 4.78 is 32.3. The quantitative estimate of drug-likeness (QED) is 0.0204. The highest BCUT2D eigenvalue weighted by atomic mass is 16.5. The lowest BCUT2D eigenvalue weighted by Crippen LogP contribution is -2.09. The van der Waals surface area contributed by atoms with Gasteiger partial charge in [-0.05, 0) is 148 Å². The van der Waals surface area contributed by atoms with E-state index in [1.165, 1.54) is 0 Å². The number of rotatable bonds is 21. The van der Waals surface area contributed by atoms with E-state index >= 15 is 0 Å². The van der Waals surface area contributed by atoms with Gasteiger partial charge in [-0.2, -0.15) is 10.2 Å². The molecule has 0 radical (unpaired) electrons. The van der Waals surface area contributed by atoms with E-state index in [0.717, 1.165) is 23.3 Å². The SMILES string of the molecule is C=CC(=O)OCCCCOc1ccc(C(=O)Oc2ccc(C(C)=NN=C(C)c3ccc(OC(=O)c4ccc(OCCCCOC(=O)C=C)cc4)cc3)cc2)cc1. The molecule has 0 unspecified atom stereocenters. The second-order valence-corrected chi connectivity index (χ2v) is 12.1. The summed E-state index contributed by atoms with van der Waals surface area (Å²) in [6, 6.07) is 27.2. The average Bonchev–Trinajstić information content (AvgIpc) is 3.22. The molecule has 12 heteroatoms. The van der Waals surface area contributed by atoms with Gasteiger partial charge in [0.25, 0.3) is 0 Å². The molecule has 0 bridgehead atoms. The van der Waals surface area contributed by atoms with Crippen molar-refractivity contribution >= 4 is 35.3 Å². The molecule has 290 valence electrons. The minimum absolute atomic E-state index is 0.304. The second kappa shape index (κ2) is 22.4. The van der Waals surface area contributed by atoms with Crippen LogP contribution in [-0.4, -0.2) is 61.7 Å². The maximum Gasteiger partial charge on any atom is 0.343 e. The highest BCUT2D eigenvalue weighted by molar-refractivity contribution is 6.02. The van der Waals surface area contributed by atoms with Gasteiger partial charge in [-0.3, -0.25) is 0 Å². The maximum absolute atomic E-state index is 12.7. The Balaban J connectivity index is 1.20. The maximum atomic E-state index is 12.7. The number of unbranched alkanes of at least 4 members (excludes halogenated alkanes) is 2. The summed E-state index contributed by atoms with van der Waals surface area (Å²) in [4.78, 5) is 47.5. The Kier molecular flexibility index (Phi) is 16.8. The van der Waals surface area contributed by atoms with Crippen LogP contribution in [0, 0.1) is 0 Å². The van der Waals surface area contributed by atoms with Crippen LogP contribution < -0.4 is 18.9 Å². The van der Waals surface area contributed by atoms with Crippen molar-refractivity contribution in [2.75, 3.05) is 26.4 Å². The van der Waals surface area contributed by atoms with E-state index in [1.807, 2.05) is 13.8 Å². The zero-order valence-corrected chi connectivity index (χ0v) is 31.4. The fourth-order valence-corrected chi connectivity index (χ4v) is 4.75. The average molecular weight is 761 g/mol. The lowest BCUT2D eigenvalue weighted by Gasteiger charge is -2.08. The van der Waals surface area contributed by atoms with E-state index in [1.54, 1.807) is 97.1 Å². The van der Waals surface area contributed by atoms with Crippen LogP contribution in [0.15, 0.2) is 133 Å². The highest BCUT2D eigenvalue weighted by Crippen LogP contribution is 2.20. The molecule has 0 atom stereocenters. The standard InChI is InChI=1S/C44H44N2O10/c1-5-41(47)53-29-9-7-27-51-37-19-15-35(16-20-37)43(49)55-39-23-11-33(12-24-39)31(3)45-46-32(4)34-13-25-40(26-14-34)56-44(50)36-17-21-38(22-18-36)52-28-8-10-30-54-42(48)6-2/h5-6,11-26H,1-2,7-10,27-30H2,3-4H3. The Morgan fingerprint density at radius 3 is 1.11 bits per heavy atom. The third kappa shape index (κ3) is 14.2. The molecule has 0 saturated heterocycles. The molecule has 0 N–H and O–H groups in total. The van der Waals surface area contributed by atoms with Gasteiger partial charge in [0.2, 0.25) is 0 Å². The van der Waals surface area contributed by atoms with Gasteiger partial charge in [0.1, 0.15) is 23.0 Å². The number of nitrogens with zero attached hydrogens (tertiary/aromatic N) is 2. The molecule has 0 aliphatic carbocycles. The fraction of sp³-hybridized carbons (Fsp3) is 0.227. The van der Waals surface area contributed by atoms with E-state index < -0.39 is 23.9 Å². The van der Waals surface area contributed by atoms with Gasteiger partial charge < -0.3 is 28.4 Å². The van der Waals surface area contributed by atoms with Crippen LogP contribution in [0.5, 0.6) is 23.0 Å². The normalized spacial score (nSPS) is 11.2. The van der Waals surface area contributed by atoms with Gasteiger partial charge in [-0.1, -0.05) is 13.2 Å². The number of carbonyl (C=O) groups excluding carboxylic acids is 4. The molecule has 0 aromatic heterocycles. The zero-order chi connectivity index (χ0) is 40.1. The van der Waals surface area contributed by atoms with Crippen molar-refractivity contribution in [1.82, 2.24) is 0 Å². The second-order valence-electron chi connectivity index (χ2n) is 12.1. The Labute approximate surface area is 326 Å². The molecule has 12 nitrogen and oxygen atoms in total. The van der Waals surface area contributed by atoms with Crippen molar-refractivity contribution in [3.8, 4) is 23.0 Å². The van der Waals surface area contributed by atoms with Crippen LogP contribution in [0.4, 0.5) is 0 Å². The van der Waals surface area contributed by atoms with Crippen molar-refractivity contribution in [2.24, 2.45) is 10.2 Å². The lowest BCUT2D eigenvalue weighted by molar-refractivity contribution is -0.138. The molecule has 0 aliphatic heterocycles. The lowest BCUT2D eigenvalue weighted by atomic mass is 10.1. The van der Waals surface area contributed by atoms with Gasteiger partial charge >= 0.3 is 23.9 Å². The van der Waals surface area contributed by atoms with E-state index in [4.69, 9.17) is 28.4 Å². The van der Waals surface area contributed by atoms with Crippen molar-refractivity contribution in [1.29, 1.82) is 0 Å². The smallest absolute Gasteiger partial charge is 0.343 e. The first kappa shape index (κ1) is 41.9. The minimum atomic E-state index is -0.505. The van der Waals surface area contributed by atoms with Crippen molar-refractivity contribution in [2.45, 2.75) is 39.5 Å². The Morgan fingerprint density at radius 2 is 0.768 bits per heavy atom. The van der Waals surface area contributed by atoms with Gasteiger partial charge in [-0.25, -0.2) is 19.2 Å². The number of ether oxygens (including phenoxy) is 6. The van der Waals surface area contributed by atoms with Crippen LogP contribution in [0.1, 0.15) is 71.4 Å². The van der Waals surface area contributed by atoms with Crippen LogP contribution in [0.2, 0.25) is 0 Å². The molecule has 4 aromatic rings. The molecule has 4 aromatic carbocycles. The Morgan fingerprint density at radius 1 is 0.464 bits per heavy atom. The molecule has 56 heavy (non-hydrogen) atoms. The topological polar surface area (TPSA) is 148 Å². The highest BCUT2D eigenvalue weighted by Gasteiger charge is 2.11. The predicted molar refractivity (Wildman–Crippen MR) is 212 cm³/mol. The van der Waals surface area contributed by atoms with Gasteiger partial charge in [0.05, 0.1) is 49.0 Å². The summed E-state index contributed by atoms with van der Waals surface area (Å²) in [5.41, 5.74) is 3.66. The largest absolute Gasteiger partial charge is 0.494 e. The first-order chi connectivity index (χ1) is 27.1. The number of hydrogen-bond acceptors (Lipinski definition) is 12. The van der Waals surface area contributed by atoms with Crippen LogP contribution in [0.3, 0.4) is 0 Å². The summed E-state index contributed by atoms with van der Waals surface area (Å²) in [5.74, 6) is 0.0834. The molecule has 0 heterocycles. The van der Waals surface area contributed by atoms with E-state index in [9.17, 15) is 19.2 Å². The van der Waals surface area contributed by atoms with E-state index in [2.05, 4.69) is 23.4 Å². The van der Waals surface area contributed by atoms with Gasteiger partial charge in [0, 0.05) is 12.2 Å². The van der Waals surface area contributed by atoms with E-state index in [0.29, 0.717) is 97.7 Å². The van der Waals surface area contributed by atoms with Crippen molar-refractivity contribution < 1.29 is 47.6 Å². The molecule has 4 rings (SSSR count). The molecule has 0 amide bonds. The predicted octanol–water partition coefficient (Wildman–Crippen LogP) is 8.13. The summed E-state index contributed by atoms with van der Waals surface area (Å²) in [6.07, 6.45) is 4.99. The zero-order valence-electron chi connectivity index (χ0n) is 31.4. The van der Waals surface area contributed by atoms with Crippen molar-refractivity contribution in [3.05, 3.63) is 145 Å². The minimum Gasteiger partial charge on any atom is -0.494 e. The molecular weight excluding hydrogens is 716 g/mol. The first-order valence-electron chi connectivity index (χ1n) is 17.9. The van der Waals surface area contributed by atoms with Gasteiger partial charge in [0.15, 0.2) is 0 Å². The fourth-order valence-electron chi connectivity index (χ4n) is 4.75. The van der Waals surface area contributed by atoms with Crippen LogP contribution in [-0.2, 0) is 19.1 Å². The third-order valence-electron chi connectivity index (χ3n) is 7.93. The molecule has 0 saturated carbocycles. The van der Waals surface area contributed by atoms with Crippen molar-refractivity contribution in [3.63, 3.8) is 0 Å². The van der Waals surface area contributed by atoms with E-state index in [-0.39, 0.29) is 0 Å². The summed E-state index contributed by atoms with van der Waals surface area (Å²) in [5, 5.41) is 8.73. The molecule has 0 aliphatic rings. The summed E-state index contributed by atoms with van der Waals surface area (Å²) in [6.45, 7) is 11.9. The number of benzene rings is 4. The number of carbonyl (C=O) groups is 4. The monoisotopic (exact) mass is 760 g/mol. The Hall–Kier alpha value is -6.82. The molecule has 0 fully saturated rings. The first-order valence-corrected chi connectivity index (χ1v) is 17.9. The number of hydrogen-bond donors (Lipinski definition) is 0. The molecular formula is C44H44N2O10. The van der Waals surface area contributed by atoms with Crippen LogP contribution >= 0.6 is 0 Å². The summed E-state index contributed by atoms with van der Waals surface area (Å²) >= 11 is 0. The van der Waals surface area contributed by atoms with Crippen LogP contribution in [0.25, 0.3) is 0 Å². The Bertz CT molecular complexity index is 1850. The molecule has 0 spiro atoms.